The summed E-state index contributed by atoms with van der Waals surface area (Å²) < 4.78 is 5.34. The molecule has 4 rings (SSSR count). The number of carbonyl (C=O) groups is 4. The third kappa shape index (κ3) is 5.42. The molecule has 3 aliphatic rings. The molecule has 0 aromatic carbocycles. The smallest absolute Gasteiger partial charge is 0.408 e. The number of alkyl carbamates (subject to hydrolysis) is 1. The van der Waals surface area contributed by atoms with E-state index in [1.165, 1.54) is 16.2 Å². The summed E-state index contributed by atoms with van der Waals surface area (Å²) >= 11 is 1.51. The molecule has 1 aromatic heterocycles. The SMILES string of the molecule is CC(C)(C)OC(=O)N[C@@H](CN1C(=O)[C@H]2C[C@@H]1CN2C(=O)Cc1cccs1)C(=O)N1CCC[C@H]1C#N. The van der Waals surface area contributed by atoms with Gasteiger partial charge in [-0.15, -0.1) is 11.3 Å². The van der Waals surface area contributed by atoms with Crippen LogP contribution >= 0.6 is 11.3 Å². The van der Waals surface area contributed by atoms with Crippen LogP contribution in [0.25, 0.3) is 0 Å². The summed E-state index contributed by atoms with van der Waals surface area (Å²) in [6, 6.07) is 3.56. The molecule has 1 aromatic rings. The van der Waals surface area contributed by atoms with Crippen molar-refractivity contribution < 1.29 is 23.9 Å². The summed E-state index contributed by atoms with van der Waals surface area (Å²) in [6.45, 7) is 5.97. The molecule has 0 aliphatic carbocycles. The average Bonchev–Trinajstić information content (AvgIpc) is 3.57. The fourth-order valence-electron chi connectivity index (χ4n) is 5.02. The Bertz CT molecular complexity index is 1030. The lowest BCUT2D eigenvalue weighted by molar-refractivity contribution is -0.147. The Morgan fingerprint density at radius 3 is 2.71 bits per heavy atom. The van der Waals surface area contributed by atoms with Crippen molar-refractivity contribution in [1.29, 1.82) is 5.26 Å². The second-order valence-corrected chi connectivity index (χ2v) is 11.2. The van der Waals surface area contributed by atoms with Crippen molar-refractivity contribution in [2.24, 2.45) is 0 Å². The fourth-order valence-corrected chi connectivity index (χ4v) is 5.72. The number of ether oxygens (including phenoxy) is 1. The van der Waals surface area contributed by atoms with Gasteiger partial charge in [0.25, 0.3) is 0 Å². The third-order valence-electron chi connectivity index (χ3n) is 6.57. The van der Waals surface area contributed by atoms with Crippen molar-refractivity contribution in [2.75, 3.05) is 19.6 Å². The second kappa shape index (κ2) is 9.85. The third-order valence-corrected chi connectivity index (χ3v) is 7.44. The van der Waals surface area contributed by atoms with Gasteiger partial charge < -0.3 is 24.8 Å². The highest BCUT2D eigenvalue weighted by molar-refractivity contribution is 7.10. The standard InChI is InChI=1S/C24H31N5O5S/c1-24(2,3)34-23(33)26-18(21(31)27-8-4-6-15(27)12-25)14-28-16-10-19(22(28)32)29(13-16)20(30)11-17-7-5-9-35-17/h5,7,9,15-16,18-19H,4,6,8,10-11,13-14H2,1-3H3,(H,26,33)/t15-,16+,18-,19+/m0/s1. The van der Waals surface area contributed by atoms with E-state index in [0.29, 0.717) is 32.4 Å². The van der Waals surface area contributed by atoms with Gasteiger partial charge in [-0.2, -0.15) is 5.26 Å². The van der Waals surface area contributed by atoms with Crippen LogP contribution in [0, 0.1) is 11.3 Å². The first-order chi connectivity index (χ1) is 16.6. The molecule has 4 heterocycles. The number of fused-ring (bicyclic) bond motifs is 2. The summed E-state index contributed by atoms with van der Waals surface area (Å²) in [7, 11) is 0. The highest BCUT2D eigenvalue weighted by Crippen LogP contribution is 2.33. The van der Waals surface area contributed by atoms with E-state index < -0.39 is 35.7 Å². The molecule has 0 spiro atoms. The van der Waals surface area contributed by atoms with E-state index in [0.717, 1.165) is 4.88 Å². The lowest BCUT2D eigenvalue weighted by Crippen LogP contribution is -2.59. The first-order valence-corrected chi connectivity index (χ1v) is 12.8. The van der Waals surface area contributed by atoms with Gasteiger partial charge in [0.15, 0.2) is 0 Å². The van der Waals surface area contributed by atoms with Gasteiger partial charge in [0.1, 0.15) is 23.7 Å². The number of rotatable bonds is 6. The van der Waals surface area contributed by atoms with Gasteiger partial charge in [0.2, 0.25) is 17.7 Å². The number of nitrogens with one attached hydrogen (secondary N) is 1. The highest BCUT2D eigenvalue weighted by atomic mass is 32.1. The number of piperazine rings is 1. The van der Waals surface area contributed by atoms with E-state index in [1.54, 1.807) is 30.6 Å². The molecule has 3 fully saturated rings. The maximum atomic E-state index is 13.4. The molecule has 4 amide bonds. The molecule has 3 aliphatic heterocycles. The Morgan fingerprint density at radius 2 is 2.09 bits per heavy atom. The van der Waals surface area contributed by atoms with Crippen LogP contribution in [0.15, 0.2) is 17.5 Å². The van der Waals surface area contributed by atoms with Gasteiger partial charge in [-0.05, 0) is 51.5 Å². The zero-order valence-corrected chi connectivity index (χ0v) is 21.0. The quantitative estimate of drug-likeness (QED) is 0.630. The number of hydrogen-bond donors (Lipinski definition) is 1. The van der Waals surface area contributed by atoms with Crippen LogP contribution in [0.5, 0.6) is 0 Å². The molecule has 0 saturated carbocycles. The molecule has 0 unspecified atom stereocenters. The minimum atomic E-state index is -1.04. The lowest BCUT2D eigenvalue weighted by Gasteiger charge is -2.36. The van der Waals surface area contributed by atoms with E-state index in [2.05, 4.69) is 11.4 Å². The van der Waals surface area contributed by atoms with Crippen LogP contribution in [-0.2, 0) is 25.5 Å². The average molecular weight is 502 g/mol. The van der Waals surface area contributed by atoms with Crippen LogP contribution in [0.3, 0.4) is 0 Å². The van der Waals surface area contributed by atoms with Crippen LogP contribution in [-0.4, -0.2) is 87.9 Å². The summed E-state index contributed by atoms with van der Waals surface area (Å²) in [5.41, 5.74) is -0.757. The van der Waals surface area contributed by atoms with E-state index >= 15 is 0 Å². The van der Waals surface area contributed by atoms with Gasteiger partial charge in [-0.25, -0.2) is 4.79 Å². The normalized spacial score (nSPS) is 24.5. The van der Waals surface area contributed by atoms with Crippen LogP contribution < -0.4 is 5.32 Å². The van der Waals surface area contributed by atoms with E-state index in [-0.39, 0.29) is 30.8 Å². The summed E-state index contributed by atoms with van der Waals surface area (Å²) in [5, 5.41) is 14.0. The van der Waals surface area contributed by atoms with E-state index in [4.69, 9.17) is 4.74 Å². The van der Waals surface area contributed by atoms with Crippen molar-refractivity contribution >= 4 is 35.2 Å². The molecule has 11 heteroatoms. The molecule has 188 valence electrons. The molecule has 10 nitrogen and oxygen atoms in total. The van der Waals surface area contributed by atoms with Gasteiger partial charge >= 0.3 is 6.09 Å². The Hall–Kier alpha value is -3.13. The van der Waals surface area contributed by atoms with Crippen molar-refractivity contribution in [3.05, 3.63) is 22.4 Å². The van der Waals surface area contributed by atoms with E-state index in [1.807, 2.05) is 17.5 Å². The molecule has 2 bridgehead atoms. The highest BCUT2D eigenvalue weighted by Gasteiger charge is 2.52. The number of thiophene rings is 1. The van der Waals surface area contributed by atoms with Crippen molar-refractivity contribution in [3.63, 3.8) is 0 Å². The summed E-state index contributed by atoms with van der Waals surface area (Å²) in [4.78, 5) is 57.6. The predicted octanol–water partition coefficient (Wildman–Crippen LogP) is 1.51. The minimum Gasteiger partial charge on any atom is -0.444 e. The topological polar surface area (TPSA) is 123 Å². The van der Waals surface area contributed by atoms with Crippen molar-refractivity contribution in [3.8, 4) is 6.07 Å². The molecule has 35 heavy (non-hydrogen) atoms. The van der Waals surface area contributed by atoms with Crippen LogP contribution in [0.1, 0.15) is 44.9 Å². The Kier molecular flexibility index (Phi) is 7.03. The second-order valence-electron chi connectivity index (χ2n) is 10.2. The van der Waals surface area contributed by atoms with Gasteiger partial charge in [0, 0.05) is 18.0 Å². The maximum absolute atomic E-state index is 13.4. The first-order valence-electron chi connectivity index (χ1n) is 11.9. The lowest BCUT2D eigenvalue weighted by atomic mass is 10.1. The summed E-state index contributed by atoms with van der Waals surface area (Å²) in [6.07, 6.45) is 1.30. The number of carbonyl (C=O) groups excluding carboxylic acids is 4. The zero-order chi connectivity index (χ0) is 25.3. The number of hydrogen-bond acceptors (Lipinski definition) is 7. The van der Waals surface area contributed by atoms with Gasteiger partial charge in [-0.1, -0.05) is 6.07 Å². The zero-order valence-electron chi connectivity index (χ0n) is 20.2. The molecule has 0 radical (unpaired) electrons. The Morgan fingerprint density at radius 1 is 1.31 bits per heavy atom. The molecule has 4 atom stereocenters. The minimum absolute atomic E-state index is 0.0281. The number of amides is 4. The Labute approximate surface area is 208 Å². The molecular weight excluding hydrogens is 470 g/mol. The van der Waals surface area contributed by atoms with E-state index in [9.17, 15) is 24.4 Å². The predicted molar refractivity (Wildman–Crippen MR) is 127 cm³/mol. The fraction of sp³-hybridized carbons (Fsp3) is 0.625. The van der Waals surface area contributed by atoms with Crippen LogP contribution in [0.4, 0.5) is 4.79 Å². The molecule has 3 saturated heterocycles. The van der Waals surface area contributed by atoms with Gasteiger partial charge in [-0.3, -0.25) is 14.4 Å². The largest absolute Gasteiger partial charge is 0.444 e. The van der Waals surface area contributed by atoms with Gasteiger partial charge in [0.05, 0.1) is 25.1 Å². The summed E-state index contributed by atoms with van der Waals surface area (Å²) in [5.74, 6) is -0.703. The van der Waals surface area contributed by atoms with Crippen LogP contribution in [0.2, 0.25) is 0 Å². The molecule has 1 N–H and O–H groups in total. The Balaban J connectivity index is 1.45. The molecular formula is C24H31N5O5S. The number of likely N-dealkylation sites (tertiary alicyclic amines) is 3. The van der Waals surface area contributed by atoms with Crippen molar-refractivity contribution in [2.45, 2.75) is 76.2 Å². The monoisotopic (exact) mass is 501 g/mol. The van der Waals surface area contributed by atoms with Crippen molar-refractivity contribution in [1.82, 2.24) is 20.0 Å². The maximum Gasteiger partial charge on any atom is 0.408 e. The number of nitrogens with zero attached hydrogens (tertiary/aromatic N) is 4. The number of nitriles is 1. The first kappa shape index (κ1) is 25.0.